The van der Waals surface area contributed by atoms with Crippen LogP contribution < -0.4 is 10.9 Å². The number of nitrogens with one attached hydrogen (secondary N) is 1. The molecule has 0 bridgehead atoms. The lowest BCUT2D eigenvalue weighted by Gasteiger charge is -2.18. The van der Waals surface area contributed by atoms with Crippen molar-refractivity contribution in [3.8, 4) is 11.1 Å². The van der Waals surface area contributed by atoms with E-state index in [1.54, 1.807) is 6.92 Å². The molecular formula is C24H20F3N3O2S. The number of rotatable bonds is 5. The molecule has 4 rings (SSSR count). The van der Waals surface area contributed by atoms with Crippen LogP contribution in [-0.2, 0) is 11.0 Å². The third-order valence-corrected chi connectivity index (χ3v) is 6.25. The molecule has 1 amide bonds. The van der Waals surface area contributed by atoms with Crippen LogP contribution in [0.1, 0.15) is 30.5 Å². The molecule has 9 heteroatoms. The van der Waals surface area contributed by atoms with Crippen LogP contribution in [-0.4, -0.2) is 15.5 Å². The van der Waals surface area contributed by atoms with Gasteiger partial charge in [0, 0.05) is 16.6 Å². The van der Waals surface area contributed by atoms with Crippen molar-refractivity contribution in [3.05, 3.63) is 81.7 Å². The molecule has 0 aliphatic carbocycles. The highest BCUT2D eigenvalue weighted by molar-refractivity contribution is 7.17. The molecule has 0 radical (unpaired) electrons. The first-order valence-corrected chi connectivity index (χ1v) is 11.1. The summed E-state index contributed by atoms with van der Waals surface area (Å²) in [6, 6.07) is 11.2. The third kappa shape index (κ3) is 4.54. The van der Waals surface area contributed by atoms with Crippen LogP contribution in [0.4, 0.5) is 18.9 Å². The van der Waals surface area contributed by atoms with E-state index in [0.717, 1.165) is 28.8 Å². The number of nitrogens with zero attached hydrogens (tertiary/aromatic N) is 2. The second kappa shape index (κ2) is 8.82. The first-order chi connectivity index (χ1) is 15.7. The van der Waals surface area contributed by atoms with E-state index in [-0.39, 0.29) is 17.7 Å². The quantitative estimate of drug-likeness (QED) is 0.386. The van der Waals surface area contributed by atoms with Crippen molar-refractivity contribution in [2.24, 2.45) is 0 Å². The lowest BCUT2D eigenvalue weighted by atomic mass is 10.0. The van der Waals surface area contributed by atoms with Gasteiger partial charge in [0.2, 0.25) is 5.91 Å². The number of carbonyl (C=O) groups excluding carboxylic acids is 1. The summed E-state index contributed by atoms with van der Waals surface area (Å²) in [5.41, 5.74) is 1.45. The summed E-state index contributed by atoms with van der Waals surface area (Å²) in [6.07, 6.45) is -2.95. The van der Waals surface area contributed by atoms with E-state index in [0.29, 0.717) is 10.2 Å². The average Bonchev–Trinajstić information content (AvgIpc) is 3.21. The lowest BCUT2D eigenvalue weighted by Crippen LogP contribution is -2.33. The van der Waals surface area contributed by atoms with E-state index < -0.39 is 23.7 Å². The molecule has 1 N–H and O–H groups in total. The number of carbonyl (C=O) groups is 1. The van der Waals surface area contributed by atoms with Gasteiger partial charge in [-0.2, -0.15) is 13.2 Å². The fourth-order valence-corrected chi connectivity index (χ4v) is 4.53. The fraction of sp³-hybridized carbons (Fsp3) is 0.208. The molecule has 0 fully saturated rings. The van der Waals surface area contributed by atoms with E-state index in [2.05, 4.69) is 10.3 Å². The molecule has 0 aliphatic heterocycles. The first-order valence-electron chi connectivity index (χ1n) is 10.2. The molecule has 0 spiro atoms. The summed E-state index contributed by atoms with van der Waals surface area (Å²) < 4.78 is 40.2. The van der Waals surface area contributed by atoms with Gasteiger partial charge in [-0.3, -0.25) is 14.2 Å². The van der Waals surface area contributed by atoms with Crippen molar-refractivity contribution in [2.75, 3.05) is 5.32 Å². The maximum Gasteiger partial charge on any atom is 0.416 e. The number of halogens is 3. The maximum absolute atomic E-state index is 13.4. The number of aromatic nitrogens is 2. The summed E-state index contributed by atoms with van der Waals surface area (Å²) in [5, 5.41) is 4.77. The van der Waals surface area contributed by atoms with Gasteiger partial charge >= 0.3 is 6.18 Å². The Bertz CT molecular complexity index is 1370. The van der Waals surface area contributed by atoms with Crippen molar-refractivity contribution >= 4 is 33.1 Å². The number of benzene rings is 2. The fourth-order valence-electron chi connectivity index (χ4n) is 3.62. The van der Waals surface area contributed by atoms with Gasteiger partial charge in [-0.15, -0.1) is 11.3 Å². The molecule has 0 aliphatic rings. The summed E-state index contributed by atoms with van der Waals surface area (Å²) >= 11 is 1.34. The van der Waals surface area contributed by atoms with E-state index >= 15 is 0 Å². The standard InChI is InChI=1S/C24H20F3N3O2S/c1-3-19(21(31)29-17-6-4-5-16(11-17)24(25,26)27)30-13-28-22-20(23(30)32)18(12-33-22)15-9-7-14(2)8-10-15/h4-13,19H,3H2,1-2H3,(H,29,31). The van der Waals surface area contributed by atoms with Crippen LogP contribution in [0.2, 0.25) is 0 Å². The number of aryl methyl sites for hydroxylation is 1. The zero-order valence-corrected chi connectivity index (χ0v) is 18.6. The Morgan fingerprint density at radius 1 is 1.18 bits per heavy atom. The molecule has 0 saturated heterocycles. The van der Waals surface area contributed by atoms with Crippen LogP contribution in [0.15, 0.2) is 65.0 Å². The van der Waals surface area contributed by atoms with Crippen LogP contribution in [0, 0.1) is 6.92 Å². The van der Waals surface area contributed by atoms with E-state index in [9.17, 15) is 22.8 Å². The van der Waals surface area contributed by atoms with Crippen molar-refractivity contribution in [1.82, 2.24) is 9.55 Å². The number of fused-ring (bicyclic) bond motifs is 1. The highest BCUT2D eigenvalue weighted by Crippen LogP contribution is 2.32. The van der Waals surface area contributed by atoms with Gasteiger partial charge < -0.3 is 5.32 Å². The largest absolute Gasteiger partial charge is 0.416 e. The SMILES string of the molecule is CCC(C(=O)Nc1cccc(C(F)(F)F)c1)n1cnc2scc(-c3ccc(C)cc3)c2c1=O. The van der Waals surface area contributed by atoms with Crippen molar-refractivity contribution in [1.29, 1.82) is 0 Å². The Hall–Kier alpha value is -3.46. The van der Waals surface area contributed by atoms with E-state index in [4.69, 9.17) is 0 Å². The number of hydrogen-bond acceptors (Lipinski definition) is 4. The molecule has 1 atom stereocenters. The van der Waals surface area contributed by atoms with Crippen LogP contribution in [0.25, 0.3) is 21.3 Å². The van der Waals surface area contributed by atoms with Gasteiger partial charge in [0.15, 0.2) is 0 Å². The lowest BCUT2D eigenvalue weighted by molar-refractivity contribution is -0.137. The van der Waals surface area contributed by atoms with Crippen LogP contribution in [0.5, 0.6) is 0 Å². The van der Waals surface area contributed by atoms with Gasteiger partial charge in [0.25, 0.3) is 5.56 Å². The Morgan fingerprint density at radius 3 is 2.58 bits per heavy atom. The molecule has 170 valence electrons. The molecule has 2 heterocycles. The molecule has 0 saturated carbocycles. The van der Waals surface area contributed by atoms with Crippen molar-refractivity contribution in [2.45, 2.75) is 32.5 Å². The first kappa shape index (κ1) is 22.7. The van der Waals surface area contributed by atoms with E-state index in [1.165, 1.54) is 34.4 Å². The number of thiophene rings is 1. The molecular weight excluding hydrogens is 451 g/mol. The second-order valence-electron chi connectivity index (χ2n) is 7.64. The summed E-state index contributed by atoms with van der Waals surface area (Å²) in [4.78, 5) is 31.3. The Kier molecular flexibility index (Phi) is 6.07. The summed E-state index contributed by atoms with van der Waals surface area (Å²) in [5.74, 6) is -0.591. The number of alkyl halides is 3. The van der Waals surface area contributed by atoms with E-state index in [1.807, 2.05) is 36.6 Å². The minimum atomic E-state index is -4.53. The minimum Gasteiger partial charge on any atom is -0.324 e. The second-order valence-corrected chi connectivity index (χ2v) is 8.50. The maximum atomic E-state index is 13.4. The van der Waals surface area contributed by atoms with Gasteiger partial charge in [0.1, 0.15) is 10.9 Å². The van der Waals surface area contributed by atoms with Gasteiger partial charge in [0.05, 0.1) is 17.3 Å². The predicted molar refractivity (Wildman–Crippen MR) is 123 cm³/mol. The number of anilines is 1. The highest BCUT2D eigenvalue weighted by Gasteiger charge is 2.31. The average molecular weight is 472 g/mol. The molecule has 1 unspecified atom stereocenters. The zero-order valence-electron chi connectivity index (χ0n) is 17.8. The Morgan fingerprint density at radius 2 is 1.91 bits per heavy atom. The molecule has 4 aromatic rings. The molecule has 2 aromatic heterocycles. The topological polar surface area (TPSA) is 64.0 Å². The zero-order chi connectivity index (χ0) is 23.8. The third-order valence-electron chi connectivity index (χ3n) is 5.36. The monoisotopic (exact) mass is 471 g/mol. The highest BCUT2D eigenvalue weighted by atomic mass is 32.1. The molecule has 5 nitrogen and oxygen atoms in total. The van der Waals surface area contributed by atoms with Crippen LogP contribution >= 0.6 is 11.3 Å². The van der Waals surface area contributed by atoms with Crippen molar-refractivity contribution < 1.29 is 18.0 Å². The van der Waals surface area contributed by atoms with Gasteiger partial charge in [-0.05, 0) is 37.1 Å². The number of hydrogen-bond donors (Lipinski definition) is 1. The molecule has 33 heavy (non-hydrogen) atoms. The normalized spacial score (nSPS) is 12.6. The van der Waals surface area contributed by atoms with Crippen molar-refractivity contribution in [3.63, 3.8) is 0 Å². The minimum absolute atomic E-state index is 0.00578. The number of amides is 1. The molecule has 2 aromatic carbocycles. The summed E-state index contributed by atoms with van der Waals surface area (Å²) in [6.45, 7) is 3.69. The smallest absolute Gasteiger partial charge is 0.324 e. The van der Waals surface area contributed by atoms with Gasteiger partial charge in [-0.25, -0.2) is 4.98 Å². The Labute approximate surface area is 191 Å². The predicted octanol–water partition coefficient (Wildman–Crippen LogP) is 6.04. The van der Waals surface area contributed by atoms with Crippen LogP contribution in [0.3, 0.4) is 0 Å². The summed E-state index contributed by atoms with van der Waals surface area (Å²) in [7, 11) is 0. The Balaban J connectivity index is 1.70. The van der Waals surface area contributed by atoms with Gasteiger partial charge in [-0.1, -0.05) is 42.8 Å².